The zero-order valence-electron chi connectivity index (χ0n) is 23.4. The number of nitrogens with one attached hydrogen (secondary N) is 2. The summed E-state index contributed by atoms with van der Waals surface area (Å²) in [4.78, 5) is 39.3. The molecule has 8 nitrogen and oxygen atoms in total. The average Bonchev–Trinajstić information content (AvgIpc) is 3.00. The maximum Gasteiger partial charge on any atom is 0.417 e. The maximum atomic E-state index is 13.3. The van der Waals surface area contributed by atoms with Crippen molar-refractivity contribution in [3.8, 4) is 11.8 Å². The number of amides is 2. The highest BCUT2D eigenvalue weighted by atomic mass is 35.5. The molecular weight excluding hydrogens is 597 g/mol. The molecule has 3 aromatic rings. The average molecular weight is 625 g/mol. The molecule has 0 radical (unpaired) electrons. The minimum absolute atomic E-state index is 0.0727. The second kappa shape index (κ2) is 14.6. The van der Waals surface area contributed by atoms with Crippen LogP contribution in [-0.2, 0) is 11.0 Å². The quantitative estimate of drug-likeness (QED) is 0.149. The van der Waals surface area contributed by atoms with Crippen LogP contribution in [0.15, 0.2) is 65.8 Å². The summed E-state index contributed by atoms with van der Waals surface area (Å²) >= 11 is 5.68. The summed E-state index contributed by atoms with van der Waals surface area (Å²) in [6.45, 7) is 1.62. The van der Waals surface area contributed by atoms with Gasteiger partial charge in [0.25, 0.3) is 11.8 Å². The summed E-state index contributed by atoms with van der Waals surface area (Å²) in [5.74, 6) is 3.45. The number of aliphatic carboxylic acids is 1. The van der Waals surface area contributed by atoms with Gasteiger partial charge in [0, 0.05) is 36.3 Å². The van der Waals surface area contributed by atoms with E-state index < -0.39 is 34.5 Å². The van der Waals surface area contributed by atoms with Crippen molar-refractivity contribution in [2.75, 3.05) is 23.3 Å². The third-order valence-corrected chi connectivity index (χ3v) is 7.04. The van der Waals surface area contributed by atoms with Crippen LogP contribution in [0.3, 0.4) is 0 Å². The monoisotopic (exact) mass is 624 g/mol. The van der Waals surface area contributed by atoms with E-state index in [1.807, 2.05) is 0 Å². The second-order valence-corrected chi connectivity index (χ2v) is 10.4. The van der Waals surface area contributed by atoms with Crippen molar-refractivity contribution in [2.24, 2.45) is 5.10 Å². The van der Waals surface area contributed by atoms with E-state index in [9.17, 15) is 27.6 Å². The molecule has 1 aliphatic rings. The van der Waals surface area contributed by atoms with Gasteiger partial charge in [-0.3, -0.25) is 14.4 Å². The lowest BCUT2D eigenvalue weighted by molar-refractivity contribution is -0.138. The molecule has 1 fully saturated rings. The van der Waals surface area contributed by atoms with Gasteiger partial charge in [0.15, 0.2) is 0 Å². The summed E-state index contributed by atoms with van der Waals surface area (Å²) < 4.78 is 39.7. The minimum Gasteiger partial charge on any atom is -0.481 e. The van der Waals surface area contributed by atoms with Crippen LogP contribution in [0.25, 0.3) is 0 Å². The van der Waals surface area contributed by atoms with E-state index in [4.69, 9.17) is 16.7 Å². The van der Waals surface area contributed by atoms with E-state index in [0.29, 0.717) is 5.56 Å². The number of benzene rings is 3. The number of carboxylic acid groups (broad SMARTS) is 1. The zero-order chi connectivity index (χ0) is 31.7. The fraction of sp³-hybridized carbons (Fsp3) is 0.250. The Hall–Kier alpha value is -4.82. The first kappa shape index (κ1) is 32.1. The van der Waals surface area contributed by atoms with E-state index in [-0.39, 0.29) is 35.2 Å². The number of nitrogens with zero attached hydrogens (tertiary/aromatic N) is 2. The van der Waals surface area contributed by atoms with Gasteiger partial charge in [0.05, 0.1) is 34.5 Å². The molecule has 2 amide bonds. The lowest BCUT2D eigenvalue weighted by Crippen LogP contribution is -2.30. The normalized spacial score (nSPS) is 13.2. The van der Waals surface area contributed by atoms with Gasteiger partial charge >= 0.3 is 12.1 Å². The number of hydrogen-bond acceptors (Lipinski definition) is 5. The SMILES string of the molecule is O=C(O)CCC#Cc1cccc(C(=O)Nc2ccc(N3CCCCC3)cc2C(=O)N/N=C/c2ccc(Cl)c(C(F)(F)F)c2)c1. The Bertz CT molecular complexity index is 1640. The minimum atomic E-state index is -4.65. The number of carbonyl (C=O) groups is 3. The molecule has 0 unspecified atom stereocenters. The van der Waals surface area contributed by atoms with E-state index in [0.717, 1.165) is 56.4 Å². The van der Waals surface area contributed by atoms with E-state index in [2.05, 4.69) is 32.6 Å². The predicted octanol–water partition coefficient (Wildman–Crippen LogP) is 6.58. The topological polar surface area (TPSA) is 111 Å². The zero-order valence-corrected chi connectivity index (χ0v) is 24.1. The first-order chi connectivity index (χ1) is 21.0. The largest absolute Gasteiger partial charge is 0.481 e. The Morgan fingerprint density at radius 2 is 1.77 bits per heavy atom. The van der Waals surface area contributed by atoms with Crippen molar-refractivity contribution in [1.82, 2.24) is 5.43 Å². The number of anilines is 2. The summed E-state index contributed by atoms with van der Waals surface area (Å²) in [5, 5.41) is 14.9. The van der Waals surface area contributed by atoms with Crippen LogP contribution in [0.4, 0.5) is 24.5 Å². The summed E-state index contributed by atoms with van der Waals surface area (Å²) in [6, 6.07) is 14.8. The first-order valence-corrected chi connectivity index (χ1v) is 14.1. The van der Waals surface area contributed by atoms with Crippen LogP contribution in [-0.4, -0.2) is 42.2 Å². The Morgan fingerprint density at radius 1 is 1.00 bits per heavy atom. The molecule has 4 rings (SSSR count). The third-order valence-electron chi connectivity index (χ3n) is 6.71. The molecule has 0 atom stereocenters. The van der Waals surface area contributed by atoms with Crippen molar-refractivity contribution < 1.29 is 32.7 Å². The number of rotatable bonds is 8. The summed E-state index contributed by atoms with van der Waals surface area (Å²) in [7, 11) is 0. The van der Waals surface area contributed by atoms with Crippen LogP contribution in [0, 0.1) is 11.8 Å². The molecular formula is C32H28ClF3N4O4. The highest BCUT2D eigenvalue weighted by Crippen LogP contribution is 2.35. The van der Waals surface area contributed by atoms with E-state index >= 15 is 0 Å². The summed E-state index contributed by atoms with van der Waals surface area (Å²) in [6.07, 6.45) is -0.405. The Morgan fingerprint density at radius 3 is 2.50 bits per heavy atom. The van der Waals surface area contributed by atoms with Gasteiger partial charge in [-0.15, -0.1) is 0 Å². The Kier molecular flexibility index (Phi) is 10.6. The van der Waals surface area contributed by atoms with Gasteiger partial charge in [-0.2, -0.15) is 18.3 Å². The van der Waals surface area contributed by atoms with Gasteiger partial charge in [-0.25, -0.2) is 5.43 Å². The fourth-order valence-electron chi connectivity index (χ4n) is 4.51. The molecule has 0 bridgehead atoms. The number of carbonyl (C=O) groups excluding carboxylic acids is 2. The fourth-order valence-corrected chi connectivity index (χ4v) is 4.74. The Balaban J connectivity index is 1.56. The van der Waals surface area contributed by atoms with Crippen molar-refractivity contribution >= 4 is 47.0 Å². The lowest BCUT2D eigenvalue weighted by atomic mass is 10.1. The third kappa shape index (κ3) is 8.84. The number of hydrogen-bond donors (Lipinski definition) is 3. The van der Waals surface area contributed by atoms with Gasteiger partial charge in [-0.05, 0) is 73.4 Å². The van der Waals surface area contributed by atoms with E-state index in [1.54, 1.807) is 42.5 Å². The molecule has 1 aliphatic heterocycles. The maximum absolute atomic E-state index is 13.3. The van der Waals surface area contributed by atoms with Crippen molar-refractivity contribution in [2.45, 2.75) is 38.3 Å². The first-order valence-electron chi connectivity index (χ1n) is 13.7. The van der Waals surface area contributed by atoms with Crippen LogP contribution in [0.2, 0.25) is 5.02 Å². The number of carboxylic acids is 1. The molecule has 0 saturated carbocycles. The second-order valence-electron chi connectivity index (χ2n) is 9.94. The number of piperidine rings is 1. The van der Waals surface area contributed by atoms with Crippen molar-refractivity contribution in [1.29, 1.82) is 0 Å². The van der Waals surface area contributed by atoms with Gasteiger partial charge < -0.3 is 15.3 Å². The van der Waals surface area contributed by atoms with Crippen LogP contribution < -0.4 is 15.6 Å². The standard InChI is InChI=1S/C32H28ClF3N4O4/c33-27-13-11-22(18-26(27)32(34,35)36)20-37-39-31(44)25-19-24(40-15-4-1-5-16-40)12-14-28(25)38-30(43)23-9-6-8-21(17-23)7-2-3-10-29(41)42/h6,8-9,11-14,17-20H,1,3-5,10,15-16H2,(H,38,43)(H,39,44)(H,41,42)/b37-20+. The van der Waals surface area contributed by atoms with Gasteiger partial charge in [0.2, 0.25) is 0 Å². The van der Waals surface area contributed by atoms with Gasteiger partial charge in [-0.1, -0.05) is 35.6 Å². The highest BCUT2D eigenvalue weighted by Gasteiger charge is 2.33. The highest BCUT2D eigenvalue weighted by molar-refractivity contribution is 6.31. The van der Waals surface area contributed by atoms with Crippen molar-refractivity contribution in [3.63, 3.8) is 0 Å². The van der Waals surface area contributed by atoms with E-state index in [1.165, 1.54) is 6.07 Å². The smallest absolute Gasteiger partial charge is 0.417 e. The van der Waals surface area contributed by atoms with Crippen LogP contribution >= 0.6 is 11.6 Å². The van der Waals surface area contributed by atoms with Crippen LogP contribution in [0.5, 0.6) is 0 Å². The molecule has 1 heterocycles. The lowest BCUT2D eigenvalue weighted by Gasteiger charge is -2.29. The molecule has 3 N–H and O–H groups in total. The number of hydrazone groups is 1. The molecule has 228 valence electrons. The molecule has 44 heavy (non-hydrogen) atoms. The molecule has 12 heteroatoms. The van der Waals surface area contributed by atoms with Gasteiger partial charge in [0.1, 0.15) is 0 Å². The number of halogens is 4. The van der Waals surface area contributed by atoms with Crippen molar-refractivity contribution in [3.05, 3.63) is 93.5 Å². The molecule has 0 spiro atoms. The Labute approximate surface area is 256 Å². The predicted molar refractivity (Wildman–Crippen MR) is 162 cm³/mol. The summed E-state index contributed by atoms with van der Waals surface area (Å²) in [5.41, 5.74) is 3.26. The van der Waals surface area contributed by atoms with Crippen LogP contribution in [0.1, 0.15) is 69.5 Å². The molecule has 1 saturated heterocycles. The number of alkyl halides is 3. The molecule has 0 aliphatic carbocycles. The molecule has 3 aromatic carbocycles. The molecule has 0 aromatic heterocycles.